The third-order valence-corrected chi connectivity index (χ3v) is 5.53. The van der Waals surface area contributed by atoms with Gasteiger partial charge in [-0.15, -0.1) is 6.58 Å². The van der Waals surface area contributed by atoms with Crippen molar-refractivity contribution in [3.05, 3.63) is 71.8 Å². The Hall–Kier alpha value is -3.41. The number of nitrogens with one attached hydrogen (secondary N) is 1. The second-order valence-corrected chi connectivity index (χ2v) is 7.60. The highest BCUT2D eigenvalue weighted by molar-refractivity contribution is 6.18. The van der Waals surface area contributed by atoms with Gasteiger partial charge in [0.2, 0.25) is 11.6 Å². The predicted molar refractivity (Wildman–Crippen MR) is 112 cm³/mol. The van der Waals surface area contributed by atoms with E-state index in [-0.39, 0.29) is 31.2 Å². The van der Waals surface area contributed by atoms with Gasteiger partial charge in [-0.05, 0) is 49.2 Å². The number of hydrogen-bond donors (Lipinski definition) is 1. The van der Waals surface area contributed by atoms with E-state index in [9.17, 15) is 14.4 Å². The Bertz CT molecular complexity index is 1030. The number of anilines is 2. The molecule has 0 unspecified atom stereocenters. The Balaban J connectivity index is 1.85. The molecule has 2 aromatic carbocycles. The van der Waals surface area contributed by atoms with E-state index in [4.69, 9.17) is 0 Å². The summed E-state index contributed by atoms with van der Waals surface area (Å²) in [6.45, 7) is 7.82. The fourth-order valence-electron chi connectivity index (χ4n) is 4.44. The number of rotatable bonds is 4. The largest absolute Gasteiger partial charge is 0.322 e. The molecule has 4 rings (SSSR count). The van der Waals surface area contributed by atoms with Gasteiger partial charge in [0.15, 0.2) is 0 Å². The van der Waals surface area contributed by atoms with Crippen LogP contribution >= 0.6 is 0 Å². The fraction of sp³-hybridized carbons (Fsp3) is 0.261. The maximum atomic E-state index is 13.6. The lowest BCUT2D eigenvalue weighted by Crippen LogP contribution is -2.69. The number of nitrogens with zero attached hydrogens (tertiary/aromatic N) is 2. The van der Waals surface area contributed by atoms with Crippen molar-refractivity contribution in [3.63, 3.8) is 0 Å². The lowest BCUT2D eigenvalue weighted by molar-refractivity contribution is -0.128. The summed E-state index contributed by atoms with van der Waals surface area (Å²) >= 11 is 0. The maximum absolute atomic E-state index is 13.6. The molecule has 2 aromatic rings. The summed E-state index contributed by atoms with van der Waals surface area (Å²) in [6.07, 6.45) is 2.00. The number of benzene rings is 2. The standard InChI is InChI=1S/C23H23N3O3/c1-4-11-25-21(28)18-7-5-6-8-19(18)26-20(27)9-10-23(25,26)22(29)24-17-13-15(2)12-16(3)14-17/h4-8,12-14H,1,9-11H2,2-3H3,(H,24,29)/t23-/m0/s1. The molecule has 29 heavy (non-hydrogen) atoms. The average Bonchev–Trinajstić information content (AvgIpc) is 3.03. The van der Waals surface area contributed by atoms with Crippen molar-refractivity contribution in [2.24, 2.45) is 0 Å². The molecule has 0 aromatic heterocycles. The lowest BCUT2D eigenvalue weighted by Gasteiger charge is -2.48. The van der Waals surface area contributed by atoms with E-state index in [1.807, 2.05) is 32.0 Å². The summed E-state index contributed by atoms with van der Waals surface area (Å²) in [5, 5.41) is 2.95. The smallest absolute Gasteiger partial charge is 0.271 e. The Labute approximate surface area is 169 Å². The van der Waals surface area contributed by atoms with Gasteiger partial charge in [-0.3, -0.25) is 19.3 Å². The molecule has 0 radical (unpaired) electrons. The van der Waals surface area contributed by atoms with Crippen LogP contribution in [-0.4, -0.2) is 34.8 Å². The lowest BCUT2D eigenvalue weighted by atomic mass is 9.95. The van der Waals surface area contributed by atoms with E-state index >= 15 is 0 Å². The van der Waals surface area contributed by atoms with E-state index in [2.05, 4.69) is 11.9 Å². The van der Waals surface area contributed by atoms with Crippen molar-refractivity contribution >= 4 is 29.1 Å². The molecule has 1 N–H and O–H groups in total. The zero-order valence-corrected chi connectivity index (χ0v) is 16.6. The highest BCUT2D eigenvalue weighted by Gasteiger charge is 2.60. The SMILES string of the molecule is C=CCN1C(=O)c2ccccc2N2C(=O)CC[C@]12C(=O)Nc1cc(C)cc(C)c1. The van der Waals surface area contributed by atoms with Crippen molar-refractivity contribution in [2.75, 3.05) is 16.8 Å². The minimum absolute atomic E-state index is 0.164. The highest BCUT2D eigenvalue weighted by atomic mass is 16.2. The quantitative estimate of drug-likeness (QED) is 0.815. The molecule has 2 aliphatic heterocycles. The van der Waals surface area contributed by atoms with E-state index in [0.29, 0.717) is 16.9 Å². The normalized spacial score (nSPS) is 20.3. The average molecular weight is 389 g/mol. The molecule has 2 aliphatic rings. The Kier molecular flexibility index (Phi) is 4.49. The van der Waals surface area contributed by atoms with Crippen molar-refractivity contribution in [3.8, 4) is 0 Å². The summed E-state index contributed by atoms with van der Waals surface area (Å²) in [5.41, 5.74) is 2.17. The van der Waals surface area contributed by atoms with E-state index in [1.165, 1.54) is 9.80 Å². The van der Waals surface area contributed by atoms with Gasteiger partial charge in [-0.2, -0.15) is 0 Å². The zero-order valence-electron chi connectivity index (χ0n) is 16.6. The van der Waals surface area contributed by atoms with Crippen LogP contribution in [0.1, 0.15) is 34.3 Å². The van der Waals surface area contributed by atoms with Gasteiger partial charge in [0.25, 0.3) is 11.8 Å². The first-order valence-corrected chi connectivity index (χ1v) is 9.63. The molecule has 148 valence electrons. The summed E-state index contributed by atoms with van der Waals surface area (Å²) < 4.78 is 0. The van der Waals surface area contributed by atoms with Crippen molar-refractivity contribution in [1.82, 2.24) is 4.90 Å². The molecule has 1 fully saturated rings. The number of para-hydroxylation sites is 1. The zero-order chi connectivity index (χ0) is 20.8. The number of amides is 3. The Morgan fingerprint density at radius 3 is 2.55 bits per heavy atom. The van der Waals surface area contributed by atoms with Gasteiger partial charge in [0, 0.05) is 25.1 Å². The topological polar surface area (TPSA) is 69.7 Å². The molecule has 1 atom stereocenters. The fourth-order valence-corrected chi connectivity index (χ4v) is 4.44. The van der Waals surface area contributed by atoms with E-state index < -0.39 is 11.6 Å². The van der Waals surface area contributed by atoms with Gasteiger partial charge >= 0.3 is 0 Å². The first-order valence-electron chi connectivity index (χ1n) is 9.63. The maximum Gasteiger partial charge on any atom is 0.271 e. The second kappa shape index (κ2) is 6.88. The molecule has 0 saturated carbocycles. The molecule has 0 spiro atoms. The van der Waals surface area contributed by atoms with E-state index in [0.717, 1.165) is 11.1 Å². The summed E-state index contributed by atoms with van der Waals surface area (Å²) in [4.78, 5) is 42.8. The molecule has 0 aliphatic carbocycles. The molecule has 3 amide bonds. The van der Waals surface area contributed by atoms with Crippen LogP contribution in [0.4, 0.5) is 11.4 Å². The molecule has 2 heterocycles. The van der Waals surface area contributed by atoms with Crippen LogP contribution in [-0.2, 0) is 9.59 Å². The van der Waals surface area contributed by atoms with Crippen LogP contribution in [0.25, 0.3) is 0 Å². The van der Waals surface area contributed by atoms with Crippen LogP contribution in [0.15, 0.2) is 55.1 Å². The first kappa shape index (κ1) is 18.9. The molecule has 0 bridgehead atoms. The van der Waals surface area contributed by atoms with Gasteiger partial charge in [0.05, 0.1) is 11.3 Å². The molecular formula is C23H23N3O3. The van der Waals surface area contributed by atoms with Crippen LogP contribution in [0.2, 0.25) is 0 Å². The number of carbonyl (C=O) groups is 3. The summed E-state index contributed by atoms with van der Waals surface area (Å²) in [6, 6.07) is 12.7. The number of carbonyl (C=O) groups excluding carboxylic acids is 3. The number of hydrogen-bond acceptors (Lipinski definition) is 3. The third kappa shape index (κ3) is 2.83. The number of fused-ring (bicyclic) bond motifs is 3. The minimum atomic E-state index is -1.41. The van der Waals surface area contributed by atoms with E-state index in [1.54, 1.807) is 30.3 Å². The molecular weight excluding hydrogens is 366 g/mol. The molecule has 1 saturated heterocycles. The van der Waals surface area contributed by atoms with Crippen LogP contribution in [0.3, 0.4) is 0 Å². The molecule has 6 nitrogen and oxygen atoms in total. The van der Waals surface area contributed by atoms with Crippen molar-refractivity contribution < 1.29 is 14.4 Å². The summed E-state index contributed by atoms with van der Waals surface area (Å²) in [7, 11) is 0. The summed E-state index contributed by atoms with van der Waals surface area (Å²) in [5.74, 6) is -0.838. The second-order valence-electron chi connectivity index (χ2n) is 7.60. The van der Waals surface area contributed by atoms with Gasteiger partial charge < -0.3 is 10.2 Å². The number of aryl methyl sites for hydroxylation is 2. The van der Waals surface area contributed by atoms with Gasteiger partial charge in [0.1, 0.15) is 0 Å². The van der Waals surface area contributed by atoms with Gasteiger partial charge in [-0.25, -0.2) is 0 Å². The van der Waals surface area contributed by atoms with Gasteiger partial charge in [-0.1, -0.05) is 24.3 Å². The minimum Gasteiger partial charge on any atom is -0.322 e. The Morgan fingerprint density at radius 1 is 1.17 bits per heavy atom. The highest BCUT2D eigenvalue weighted by Crippen LogP contribution is 2.45. The predicted octanol–water partition coefficient (Wildman–Crippen LogP) is 3.41. The molecule has 6 heteroatoms. The third-order valence-electron chi connectivity index (χ3n) is 5.53. The van der Waals surface area contributed by atoms with Crippen LogP contribution in [0.5, 0.6) is 0 Å². The van der Waals surface area contributed by atoms with Crippen molar-refractivity contribution in [2.45, 2.75) is 32.4 Å². The van der Waals surface area contributed by atoms with Crippen molar-refractivity contribution in [1.29, 1.82) is 0 Å². The van der Waals surface area contributed by atoms with Crippen LogP contribution < -0.4 is 10.2 Å². The first-order chi connectivity index (χ1) is 13.9. The Morgan fingerprint density at radius 2 is 1.86 bits per heavy atom. The van der Waals surface area contributed by atoms with Crippen LogP contribution in [0, 0.1) is 13.8 Å². The monoisotopic (exact) mass is 389 g/mol.